The smallest absolute Gasteiger partial charge is 0.101 e. The van der Waals surface area contributed by atoms with Crippen LogP contribution in [0.3, 0.4) is 0 Å². The summed E-state index contributed by atoms with van der Waals surface area (Å²) in [5.41, 5.74) is 2.91. The molecule has 0 saturated carbocycles. The molecule has 1 rings (SSSR count). The molecule has 2 heteroatoms. The summed E-state index contributed by atoms with van der Waals surface area (Å²) in [7, 11) is 0. The van der Waals surface area contributed by atoms with Gasteiger partial charge < -0.3 is 4.98 Å². The van der Waals surface area contributed by atoms with Crippen LogP contribution in [0, 0.1) is 24.2 Å². The molecule has 0 unspecified atom stereocenters. The summed E-state index contributed by atoms with van der Waals surface area (Å²) in [6.07, 6.45) is 1.02. The van der Waals surface area contributed by atoms with Gasteiger partial charge in [-0.05, 0) is 25.3 Å². The Morgan fingerprint density at radius 2 is 2.25 bits per heavy atom. The van der Waals surface area contributed by atoms with E-state index in [-0.39, 0.29) is 0 Å². The molecule has 1 aromatic rings. The molecule has 1 heterocycles. The Labute approximate surface area is 73.2 Å². The summed E-state index contributed by atoms with van der Waals surface area (Å²) in [5.74, 6) is 0.634. The van der Waals surface area contributed by atoms with Gasteiger partial charge in [0.1, 0.15) is 6.07 Å². The molecule has 0 saturated heterocycles. The number of nitriles is 1. The second kappa shape index (κ2) is 3.44. The van der Waals surface area contributed by atoms with Crippen LogP contribution in [-0.2, 0) is 6.42 Å². The van der Waals surface area contributed by atoms with Crippen molar-refractivity contribution < 1.29 is 0 Å². The van der Waals surface area contributed by atoms with Crippen LogP contribution < -0.4 is 0 Å². The van der Waals surface area contributed by atoms with Gasteiger partial charge in [-0.15, -0.1) is 0 Å². The number of aromatic nitrogens is 1. The third kappa shape index (κ3) is 1.88. The summed E-state index contributed by atoms with van der Waals surface area (Å²) in [4.78, 5) is 3.20. The molecule has 0 fully saturated rings. The van der Waals surface area contributed by atoms with Gasteiger partial charge in [-0.1, -0.05) is 13.8 Å². The van der Waals surface area contributed by atoms with E-state index in [9.17, 15) is 0 Å². The second-order valence-corrected chi connectivity index (χ2v) is 3.54. The maximum atomic E-state index is 8.70. The summed E-state index contributed by atoms with van der Waals surface area (Å²) in [6.45, 7) is 6.27. The van der Waals surface area contributed by atoms with Crippen LogP contribution in [-0.4, -0.2) is 4.98 Å². The average molecular weight is 162 g/mol. The van der Waals surface area contributed by atoms with E-state index in [2.05, 4.69) is 24.9 Å². The molecule has 0 radical (unpaired) electrons. The predicted octanol–water partition coefficient (Wildman–Crippen LogP) is 2.39. The first kappa shape index (κ1) is 8.86. The zero-order valence-corrected chi connectivity index (χ0v) is 7.81. The maximum Gasteiger partial charge on any atom is 0.101 e. The Balaban J connectivity index is 2.84. The number of H-pyrrole nitrogens is 1. The van der Waals surface area contributed by atoms with E-state index in [1.165, 1.54) is 5.69 Å². The molecule has 0 aliphatic carbocycles. The van der Waals surface area contributed by atoms with E-state index in [1.54, 1.807) is 0 Å². The zero-order valence-electron chi connectivity index (χ0n) is 7.81. The molecule has 64 valence electrons. The molecule has 1 aromatic heterocycles. The lowest BCUT2D eigenvalue weighted by Crippen LogP contribution is -1.93. The molecule has 0 amide bonds. The van der Waals surface area contributed by atoms with Crippen LogP contribution in [0.4, 0.5) is 0 Å². The highest BCUT2D eigenvalue weighted by Crippen LogP contribution is 2.12. The molecule has 1 N–H and O–H groups in total. The highest BCUT2D eigenvalue weighted by molar-refractivity contribution is 5.35. The van der Waals surface area contributed by atoms with Crippen LogP contribution in [0.1, 0.15) is 30.8 Å². The molecule has 12 heavy (non-hydrogen) atoms. The van der Waals surface area contributed by atoms with Crippen molar-refractivity contribution in [1.82, 2.24) is 4.98 Å². The molecule has 0 aromatic carbocycles. The number of rotatable bonds is 2. The van der Waals surface area contributed by atoms with Crippen LogP contribution in [0.2, 0.25) is 0 Å². The Hall–Kier alpha value is -1.23. The van der Waals surface area contributed by atoms with E-state index in [4.69, 9.17) is 5.26 Å². The van der Waals surface area contributed by atoms with Crippen molar-refractivity contribution in [2.45, 2.75) is 27.2 Å². The van der Waals surface area contributed by atoms with E-state index in [0.29, 0.717) is 5.92 Å². The van der Waals surface area contributed by atoms with Gasteiger partial charge in [0, 0.05) is 11.4 Å². The van der Waals surface area contributed by atoms with Gasteiger partial charge >= 0.3 is 0 Å². The first-order valence-corrected chi connectivity index (χ1v) is 4.22. The number of nitrogens with one attached hydrogen (secondary N) is 1. The second-order valence-electron chi connectivity index (χ2n) is 3.54. The van der Waals surface area contributed by atoms with Crippen LogP contribution >= 0.6 is 0 Å². The van der Waals surface area contributed by atoms with Gasteiger partial charge in [-0.25, -0.2) is 0 Å². The first-order chi connectivity index (χ1) is 5.63. The van der Waals surface area contributed by atoms with Gasteiger partial charge in [0.05, 0.1) is 5.56 Å². The van der Waals surface area contributed by atoms with Crippen molar-refractivity contribution >= 4 is 0 Å². The minimum atomic E-state index is 0.634. The number of aromatic amines is 1. The topological polar surface area (TPSA) is 39.6 Å². The van der Waals surface area contributed by atoms with Gasteiger partial charge in [-0.2, -0.15) is 5.26 Å². The van der Waals surface area contributed by atoms with Crippen molar-refractivity contribution in [3.63, 3.8) is 0 Å². The third-order valence-electron chi connectivity index (χ3n) is 1.82. The first-order valence-electron chi connectivity index (χ1n) is 4.22. The monoisotopic (exact) mass is 162 g/mol. The molecule has 0 spiro atoms. The van der Waals surface area contributed by atoms with Gasteiger partial charge in [0.15, 0.2) is 0 Å². The molecule has 0 aliphatic rings. The molecule has 0 aliphatic heterocycles. The maximum absolute atomic E-state index is 8.70. The lowest BCUT2D eigenvalue weighted by Gasteiger charge is -1.99. The highest BCUT2D eigenvalue weighted by atomic mass is 14.7. The fraction of sp³-hybridized carbons (Fsp3) is 0.500. The minimum absolute atomic E-state index is 0.634. The largest absolute Gasteiger partial charge is 0.361 e. The Bertz CT molecular complexity index is 302. The lowest BCUT2D eigenvalue weighted by atomic mass is 10.1. The molecule has 2 nitrogen and oxygen atoms in total. The number of hydrogen-bond donors (Lipinski definition) is 1. The zero-order chi connectivity index (χ0) is 9.14. The normalized spacial score (nSPS) is 10.2. The SMILES string of the molecule is Cc1[nH]c(CC(C)C)cc1C#N. The van der Waals surface area contributed by atoms with Crippen molar-refractivity contribution in [3.8, 4) is 6.07 Å². The summed E-state index contributed by atoms with van der Waals surface area (Å²) in [5, 5.41) is 8.70. The highest BCUT2D eigenvalue weighted by Gasteiger charge is 2.04. The van der Waals surface area contributed by atoms with E-state index < -0.39 is 0 Å². The van der Waals surface area contributed by atoms with Crippen molar-refractivity contribution in [1.29, 1.82) is 5.26 Å². The third-order valence-corrected chi connectivity index (χ3v) is 1.82. The average Bonchev–Trinajstić information content (AvgIpc) is 2.29. The number of aryl methyl sites for hydroxylation is 1. The lowest BCUT2D eigenvalue weighted by molar-refractivity contribution is 0.637. The van der Waals surface area contributed by atoms with Gasteiger partial charge in [0.2, 0.25) is 0 Å². The van der Waals surface area contributed by atoms with Crippen LogP contribution in [0.15, 0.2) is 6.07 Å². The van der Waals surface area contributed by atoms with E-state index >= 15 is 0 Å². The predicted molar refractivity (Wildman–Crippen MR) is 48.8 cm³/mol. The fourth-order valence-electron chi connectivity index (χ4n) is 1.29. The summed E-state index contributed by atoms with van der Waals surface area (Å²) < 4.78 is 0. The van der Waals surface area contributed by atoms with Crippen molar-refractivity contribution in [2.24, 2.45) is 5.92 Å². The van der Waals surface area contributed by atoms with Crippen LogP contribution in [0.25, 0.3) is 0 Å². The summed E-state index contributed by atoms with van der Waals surface area (Å²) >= 11 is 0. The van der Waals surface area contributed by atoms with Crippen LogP contribution in [0.5, 0.6) is 0 Å². The van der Waals surface area contributed by atoms with Crippen molar-refractivity contribution in [2.75, 3.05) is 0 Å². The quantitative estimate of drug-likeness (QED) is 0.712. The summed E-state index contributed by atoms with van der Waals surface area (Å²) in [6, 6.07) is 4.10. The Morgan fingerprint density at radius 1 is 1.58 bits per heavy atom. The number of hydrogen-bond acceptors (Lipinski definition) is 1. The fourth-order valence-corrected chi connectivity index (χ4v) is 1.29. The van der Waals surface area contributed by atoms with Gasteiger partial charge in [-0.3, -0.25) is 0 Å². The molecular formula is C10H14N2. The van der Waals surface area contributed by atoms with Crippen molar-refractivity contribution in [3.05, 3.63) is 23.0 Å². The van der Waals surface area contributed by atoms with Gasteiger partial charge in [0.25, 0.3) is 0 Å². The number of nitrogens with zero attached hydrogens (tertiary/aromatic N) is 1. The van der Waals surface area contributed by atoms with E-state index in [1.807, 2.05) is 13.0 Å². The molecule has 0 atom stereocenters. The minimum Gasteiger partial charge on any atom is -0.361 e. The van der Waals surface area contributed by atoms with E-state index in [0.717, 1.165) is 17.7 Å². The molecule has 0 bridgehead atoms. The standard InChI is InChI=1S/C10H14N2/c1-7(2)4-10-5-9(6-11)8(3)12-10/h5,7,12H,4H2,1-3H3. The Kier molecular flexibility index (Phi) is 2.54. The Morgan fingerprint density at radius 3 is 2.67 bits per heavy atom. The molecular weight excluding hydrogens is 148 g/mol.